The van der Waals surface area contributed by atoms with E-state index in [9.17, 15) is 0 Å². The minimum absolute atomic E-state index is 0.467. The van der Waals surface area contributed by atoms with Crippen molar-refractivity contribution in [3.05, 3.63) is 33.3 Å². The molecule has 17 heavy (non-hydrogen) atoms. The Hall–Kier alpha value is -0.0500. The Morgan fingerprint density at radius 2 is 2.24 bits per heavy atom. The second-order valence-corrected chi connectivity index (χ2v) is 6.14. The first-order chi connectivity index (χ1) is 8.20. The Balaban J connectivity index is 2.11. The summed E-state index contributed by atoms with van der Waals surface area (Å²) in [4.78, 5) is 0. The lowest BCUT2D eigenvalue weighted by atomic mass is 10.0. The summed E-state index contributed by atoms with van der Waals surface area (Å²) in [5, 5.41) is 4.44. The number of rotatable bonds is 6. The van der Waals surface area contributed by atoms with E-state index in [1.165, 1.54) is 31.2 Å². The number of hydrogen-bond acceptors (Lipinski definition) is 1. The molecule has 0 radical (unpaired) electrons. The van der Waals surface area contributed by atoms with E-state index in [4.69, 9.17) is 11.6 Å². The fraction of sp³-hybridized carbons (Fsp3) is 0.571. The van der Waals surface area contributed by atoms with Crippen molar-refractivity contribution in [1.29, 1.82) is 0 Å². The quantitative estimate of drug-likeness (QED) is 0.783. The van der Waals surface area contributed by atoms with E-state index in [0.717, 1.165) is 22.0 Å². The first kappa shape index (κ1) is 13.4. The molecule has 0 bridgehead atoms. The molecule has 2 rings (SSSR count). The van der Waals surface area contributed by atoms with Crippen molar-refractivity contribution in [3.8, 4) is 0 Å². The van der Waals surface area contributed by atoms with Gasteiger partial charge >= 0.3 is 0 Å². The van der Waals surface area contributed by atoms with Gasteiger partial charge in [-0.1, -0.05) is 53.4 Å². The molecule has 1 saturated carbocycles. The lowest BCUT2D eigenvalue weighted by Gasteiger charge is -2.20. The number of halogens is 2. The molecule has 1 aliphatic rings. The Morgan fingerprint density at radius 3 is 2.82 bits per heavy atom. The summed E-state index contributed by atoms with van der Waals surface area (Å²) in [5.41, 5.74) is 1.34. The number of hydrogen-bond donors (Lipinski definition) is 1. The molecule has 1 fully saturated rings. The summed E-state index contributed by atoms with van der Waals surface area (Å²) >= 11 is 9.62. The van der Waals surface area contributed by atoms with Gasteiger partial charge in [-0.3, -0.25) is 0 Å². The highest BCUT2D eigenvalue weighted by atomic mass is 79.9. The summed E-state index contributed by atoms with van der Waals surface area (Å²) in [6.07, 6.45) is 5.22. The lowest BCUT2D eigenvalue weighted by molar-refractivity contribution is 0.472. The van der Waals surface area contributed by atoms with Crippen molar-refractivity contribution >= 4 is 27.5 Å². The highest BCUT2D eigenvalue weighted by molar-refractivity contribution is 9.10. The summed E-state index contributed by atoms with van der Waals surface area (Å²) in [7, 11) is 0. The minimum Gasteiger partial charge on any atom is -0.310 e. The molecule has 0 amide bonds. The molecular formula is C14H19BrClN. The van der Waals surface area contributed by atoms with E-state index >= 15 is 0 Å². The molecule has 3 heteroatoms. The highest BCUT2D eigenvalue weighted by Gasteiger charge is 2.26. The van der Waals surface area contributed by atoms with E-state index in [1.54, 1.807) is 0 Å². The van der Waals surface area contributed by atoms with Crippen LogP contribution in [0.4, 0.5) is 0 Å². The number of benzene rings is 1. The summed E-state index contributed by atoms with van der Waals surface area (Å²) in [5.74, 6) is 0.923. The zero-order valence-corrected chi connectivity index (χ0v) is 12.5. The van der Waals surface area contributed by atoms with Gasteiger partial charge in [-0.2, -0.15) is 0 Å². The largest absolute Gasteiger partial charge is 0.310 e. The molecule has 1 N–H and O–H groups in total. The first-order valence-electron chi connectivity index (χ1n) is 6.39. The second-order valence-electron chi connectivity index (χ2n) is 4.85. The molecule has 1 unspecified atom stereocenters. The predicted octanol–water partition coefficient (Wildman–Crippen LogP) is 4.94. The normalized spacial score (nSPS) is 17.1. The fourth-order valence-electron chi connectivity index (χ4n) is 2.11. The molecule has 94 valence electrons. The van der Waals surface area contributed by atoms with Crippen molar-refractivity contribution in [2.24, 2.45) is 5.92 Å². The van der Waals surface area contributed by atoms with Crippen LogP contribution in [-0.2, 0) is 0 Å². The van der Waals surface area contributed by atoms with Crippen LogP contribution in [0.1, 0.15) is 44.2 Å². The average molecular weight is 317 g/mol. The summed E-state index contributed by atoms with van der Waals surface area (Å²) in [6.45, 7) is 3.28. The van der Waals surface area contributed by atoms with Crippen LogP contribution in [0, 0.1) is 5.92 Å². The molecule has 0 saturated heterocycles. The van der Waals surface area contributed by atoms with E-state index in [0.29, 0.717) is 6.04 Å². The number of nitrogens with one attached hydrogen (secondary N) is 1. The van der Waals surface area contributed by atoms with Gasteiger partial charge in [-0.15, -0.1) is 0 Å². The van der Waals surface area contributed by atoms with Crippen molar-refractivity contribution in [3.63, 3.8) is 0 Å². The maximum absolute atomic E-state index is 5.99. The maximum atomic E-state index is 5.99. The predicted molar refractivity (Wildman–Crippen MR) is 77.5 cm³/mol. The third-order valence-corrected chi connectivity index (χ3v) is 4.17. The third kappa shape index (κ3) is 3.97. The molecule has 1 aromatic carbocycles. The van der Waals surface area contributed by atoms with Crippen LogP contribution in [0.15, 0.2) is 22.7 Å². The summed E-state index contributed by atoms with van der Waals surface area (Å²) < 4.78 is 1.12. The Bertz CT molecular complexity index is 376. The smallest absolute Gasteiger partial charge is 0.0417 e. The van der Waals surface area contributed by atoms with Crippen LogP contribution in [-0.4, -0.2) is 6.54 Å². The van der Waals surface area contributed by atoms with Gasteiger partial charge in [0.05, 0.1) is 0 Å². The van der Waals surface area contributed by atoms with Crippen LogP contribution < -0.4 is 5.32 Å². The van der Waals surface area contributed by atoms with E-state index < -0.39 is 0 Å². The van der Waals surface area contributed by atoms with Crippen LogP contribution in [0.3, 0.4) is 0 Å². The average Bonchev–Trinajstić information content (AvgIpc) is 3.08. The van der Waals surface area contributed by atoms with E-state index in [-0.39, 0.29) is 0 Å². The van der Waals surface area contributed by atoms with Crippen molar-refractivity contribution < 1.29 is 0 Å². The molecule has 0 heterocycles. The Morgan fingerprint density at radius 1 is 1.47 bits per heavy atom. The molecule has 1 nitrogen and oxygen atoms in total. The highest BCUT2D eigenvalue weighted by Crippen LogP contribution is 2.39. The monoisotopic (exact) mass is 315 g/mol. The molecule has 0 aromatic heterocycles. The van der Waals surface area contributed by atoms with Crippen LogP contribution in [0.5, 0.6) is 0 Å². The SMILES string of the molecule is CCCNC(CC1CC1)c1ccc(Cl)cc1Br. The molecular weight excluding hydrogens is 298 g/mol. The second kappa shape index (κ2) is 6.21. The van der Waals surface area contributed by atoms with Gasteiger partial charge in [-0.05, 0) is 43.0 Å². The summed E-state index contributed by atoms with van der Waals surface area (Å²) in [6, 6.07) is 6.58. The lowest BCUT2D eigenvalue weighted by Crippen LogP contribution is -2.23. The molecule has 1 atom stereocenters. The Kier molecular flexibility index (Phi) is 4.89. The van der Waals surface area contributed by atoms with E-state index in [1.807, 2.05) is 12.1 Å². The zero-order chi connectivity index (χ0) is 12.3. The van der Waals surface area contributed by atoms with Gasteiger partial charge in [0, 0.05) is 15.5 Å². The zero-order valence-electron chi connectivity index (χ0n) is 10.2. The van der Waals surface area contributed by atoms with Crippen LogP contribution >= 0.6 is 27.5 Å². The van der Waals surface area contributed by atoms with Gasteiger partial charge < -0.3 is 5.32 Å². The standard InChI is InChI=1S/C14H19BrClN/c1-2-7-17-14(8-10-3-4-10)12-6-5-11(16)9-13(12)15/h5-6,9-10,14,17H,2-4,7-8H2,1H3. The van der Waals surface area contributed by atoms with Crippen LogP contribution in [0.2, 0.25) is 5.02 Å². The topological polar surface area (TPSA) is 12.0 Å². The van der Waals surface area contributed by atoms with Gasteiger partial charge in [0.15, 0.2) is 0 Å². The molecule has 0 spiro atoms. The van der Waals surface area contributed by atoms with Gasteiger partial charge in [0.1, 0.15) is 0 Å². The fourth-order valence-corrected chi connectivity index (χ4v) is 3.07. The maximum Gasteiger partial charge on any atom is 0.0417 e. The van der Waals surface area contributed by atoms with Crippen molar-refractivity contribution in [2.75, 3.05) is 6.54 Å². The van der Waals surface area contributed by atoms with Gasteiger partial charge in [0.25, 0.3) is 0 Å². The first-order valence-corrected chi connectivity index (χ1v) is 7.56. The molecule has 1 aromatic rings. The van der Waals surface area contributed by atoms with Gasteiger partial charge in [-0.25, -0.2) is 0 Å². The molecule has 1 aliphatic carbocycles. The molecule has 0 aliphatic heterocycles. The van der Waals surface area contributed by atoms with Crippen molar-refractivity contribution in [1.82, 2.24) is 5.32 Å². The Labute approximate surface area is 117 Å². The third-order valence-electron chi connectivity index (χ3n) is 3.24. The van der Waals surface area contributed by atoms with Gasteiger partial charge in [0.2, 0.25) is 0 Å². The minimum atomic E-state index is 0.467. The van der Waals surface area contributed by atoms with E-state index in [2.05, 4.69) is 34.2 Å². The van der Waals surface area contributed by atoms with Crippen molar-refractivity contribution in [2.45, 2.75) is 38.6 Å². The van der Waals surface area contributed by atoms with Crippen LogP contribution in [0.25, 0.3) is 0 Å².